The van der Waals surface area contributed by atoms with Gasteiger partial charge in [0, 0.05) is 12.0 Å². The van der Waals surface area contributed by atoms with Gasteiger partial charge in [-0.2, -0.15) is 4.98 Å². The number of ether oxygens (including phenoxy) is 1. The van der Waals surface area contributed by atoms with Crippen LogP contribution in [0.15, 0.2) is 23.0 Å². The summed E-state index contributed by atoms with van der Waals surface area (Å²) in [5, 5.41) is 3.84. The summed E-state index contributed by atoms with van der Waals surface area (Å²) in [6.07, 6.45) is 8.14. The third-order valence-electron chi connectivity index (χ3n) is 2.79. The fourth-order valence-corrected chi connectivity index (χ4v) is 1.95. The SMILES string of the molecule is C#CCCCOc1c(C)cc(-c2ncon2)cc1C. The molecule has 0 N–H and O–H groups in total. The molecule has 0 radical (unpaired) electrons. The second-order valence-electron chi connectivity index (χ2n) is 4.35. The number of nitrogens with zero attached hydrogens (tertiary/aromatic N) is 2. The summed E-state index contributed by atoms with van der Waals surface area (Å²) in [6.45, 7) is 4.65. The van der Waals surface area contributed by atoms with Crippen molar-refractivity contribution in [2.45, 2.75) is 26.7 Å². The Labute approximate surface area is 112 Å². The molecule has 2 aromatic rings. The van der Waals surface area contributed by atoms with E-state index >= 15 is 0 Å². The van der Waals surface area contributed by atoms with Crippen molar-refractivity contribution >= 4 is 0 Å². The summed E-state index contributed by atoms with van der Waals surface area (Å²) < 4.78 is 10.5. The molecule has 2 rings (SSSR count). The van der Waals surface area contributed by atoms with E-state index in [9.17, 15) is 0 Å². The fourth-order valence-electron chi connectivity index (χ4n) is 1.95. The number of rotatable bonds is 5. The summed E-state index contributed by atoms with van der Waals surface area (Å²) in [6, 6.07) is 3.99. The van der Waals surface area contributed by atoms with E-state index in [1.54, 1.807) is 0 Å². The van der Waals surface area contributed by atoms with Crippen LogP contribution in [-0.2, 0) is 0 Å². The second kappa shape index (κ2) is 6.05. The minimum atomic E-state index is 0.588. The highest BCUT2D eigenvalue weighted by Gasteiger charge is 2.10. The van der Waals surface area contributed by atoms with Crippen LogP contribution in [0.4, 0.5) is 0 Å². The third kappa shape index (κ3) is 3.14. The highest BCUT2D eigenvalue weighted by atomic mass is 16.5. The number of aryl methyl sites for hydroxylation is 2. The van der Waals surface area contributed by atoms with E-state index in [1.807, 2.05) is 26.0 Å². The molecular formula is C15H16N2O2. The molecule has 1 aromatic carbocycles. The number of aromatic nitrogens is 2. The van der Waals surface area contributed by atoms with Gasteiger partial charge in [-0.25, -0.2) is 0 Å². The van der Waals surface area contributed by atoms with Crippen molar-refractivity contribution in [3.8, 4) is 29.5 Å². The molecule has 0 aliphatic carbocycles. The average molecular weight is 256 g/mol. The smallest absolute Gasteiger partial charge is 0.214 e. The Balaban J connectivity index is 2.16. The largest absolute Gasteiger partial charge is 0.493 e. The molecular weight excluding hydrogens is 240 g/mol. The lowest BCUT2D eigenvalue weighted by Crippen LogP contribution is -2.01. The third-order valence-corrected chi connectivity index (χ3v) is 2.79. The first-order valence-corrected chi connectivity index (χ1v) is 6.16. The topological polar surface area (TPSA) is 48.2 Å². The van der Waals surface area contributed by atoms with Crippen LogP contribution in [0, 0.1) is 26.2 Å². The Kier molecular flexibility index (Phi) is 4.19. The lowest BCUT2D eigenvalue weighted by molar-refractivity contribution is 0.309. The molecule has 0 bridgehead atoms. The highest BCUT2D eigenvalue weighted by Crippen LogP contribution is 2.28. The minimum absolute atomic E-state index is 0.588. The fraction of sp³-hybridized carbons (Fsp3) is 0.333. The molecule has 0 atom stereocenters. The van der Waals surface area contributed by atoms with E-state index < -0.39 is 0 Å². The highest BCUT2D eigenvalue weighted by molar-refractivity contribution is 5.60. The first-order chi connectivity index (χ1) is 9.22. The Morgan fingerprint density at radius 2 is 2.05 bits per heavy atom. The van der Waals surface area contributed by atoms with Gasteiger partial charge < -0.3 is 9.26 Å². The number of hydrogen-bond donors (Lipinski definition) is 0. The monoisotopic (exact) mass is 256 g/mol. The molecule has 0 amide bonds. The van der Waals surface area contributed by atoms with Gasteiger partial charge in [-0.1, -0.05) is 5.16 Å². The molecule has 0 saturated heterocycles. The molecule has 0 unspecified atom stereocenters. The van der Waals surface area contributed by atoms with Crippen molar-refractivity contribution < 1.29 is 9.26 Å². The Bertz CT molecular complexity index is 560. The first kappa shape index (κ1) is 13.2. The molecule has 0 saturated carbocycles. The lowest BCUT2D eigenvalue weighted by Gasteiger charge is -2.12. The zero-order valence-corrected chi connectivity index (χ0v) is 11.1. The molecule has 0 spiro atoms. The van der Waals surface area contributed by atoms with Crippen molar-refractivity contribution in [3.63, 3.8) is 0 Å². The quantitative estimate of drug-likeness (QED) is 0.609. The van der Waals surface area contributed by atoms with Crippen molar-refractivity contribution in [1.29, 1.82) is 0 Å². The van der Waals surface area contributed by atoms with Gasteiger partial charge in [-0.15, -0.1) is 12.3 Å². The molecule has 4 heteroatoms. The number of unbranched alkanes of at least 4 members (excludes halogenated alkanes) is 1. The second-order valence-corrected chi connectivity index (χ2v) is 4.35. The van der Waals surface area contributed by atoms with Gasteiger partial charge in [0.25, 0.3) is 0 Å². The van der Waals surface area contributed by atoms with Crippen LogP contribution in [0.1, 0.15) is 24.0 Å². The standard InChI is InChI=1S/C15H16N2O2/c1-4-5-6-7-18-14-11(2)8-13(9-12(14)3)15-16-10-19-17-15/h1,8-10H,5-7H2,2-3H3. The van der Waals surface area contributed by atoms with Gasteiger partial charge >= 0.3 is 0 Å². The number of terminal acetylenes is 1. The van der Waals surface area contributed by atoms with Gasteiger partial charge in [-0.3, -0.25) is 0 Å². The summed E-state index contributed by atoms with van der Waals surface area (Å²) in [4.78, 5) is 4.04. The van der Waals surface area contributed by atoms with E-state index in [1.165, 1.54) is 6.39 Å². The van der Waals surface area contributed by atoms with E-state index in [0.717, 1.165) is 35.3 Å². The molecule has 1 aromatic heterocycles. The first-order valence-electron chi connectivity index (χ1n) is 6.16. The van der Waals surface area contributed by atoms with Gasteiger partial charge in [0.1, 0.15) is 5.75 Å². The number of benzene rings is 1. The molecule has 98 valence electrons. The van der Waals surface area contributed by atoms with E-state index in [0.29, 0.717) is 12.4 Å². The zero-order chi connectivity index (χ0) is 13.7. The van der Waals surface area contributed by atoms with E-state index in [-0.39, 0.29) is 0 Å². The zero-order valence-electron chi connectivity index (χ0n) is 11.1. The van der Waals surface area contributed by atoms with Crippen LogP contribution >= 0.6 is 0 Å². The summed E-state index contributed by atoms with van der Waals surface area (Å²) in [7, 11) is 0. The predicted octanol–water partition coefficient (Wildman–Crippen LogP) is 3.15. The molecule has 19 heavy (non-hydrogen) atoms. The molecule has 0 aliphatic heterocycles. The van der Waals surface area contributed by atoms with Gasteiger partial charge in [0.2, 0.25) is 12.2 Å². The lowest BCUT2D eigenvalue weighted by atomic mass is 10.1. The van der Waals surface area contributed by atoms with E-state index in [2.05, 4.69) is 16.1 Å². The van der Waals surface area contributed by atoms with Gasteiger partial charge in [0.05, 0.1) is 6.61 Å². The summed E-state index contributed by atoms with van der Waals surface area (Å²) in [5.74, 6) is 4.10. The van der Waals surface area contributed by atoms with Crippen LogP contribution in [0.2, 0.25) is 0 Å². The van der Waals surface area contributed by atoms with Gasteiger partial charge in [0.15, 0.2) is 0 Å². The van der Waals surface area contributed by atoms with Crippen LogP contribution in [0.5, 0.6) is 5.75 Å². The Hall–Kier alpha value is -2.28. The predicted molar refractivity (Wildman–Crippen MR) is 72.8 cm³/mol. The molecule has 0 aliphatic rings. The van der Waals surface area contributed by atoms with Crippen molar-refractivity contribution in [1.82, 2.24) is 10.1 Å². The Morgan fingerprint density at radius 3 is 2.63 bits per heavy atom. The average Bonchev–Trinajstić information content (AvgIpc) is 2.90. The van der Waals surface area contributed by atoms with Crippen molar-refractivity contribution in [2.75, 3.05) is 6.61 Å². The number of hydrogen-bond acceptors (Lipinski definition) is 4. The van der Waals surface area contributed by atoms with E-state index in [4.69, 9.17) is 15.7 Å². The van der Waals surface area contributed by atoms with Crippen LogP contribution in [-0.4, -0.2) is 16.7 Å². The maximum absolute atomic E-state index is 5.78. The molecule has 0 fully saturated rings. The summed E-state index contributed by atoms with van der Waals surface area (Å²) >= 11 is 0. The van der Waals surface area contributed by atoms with Crippen LogP contribution in [0.3, 0.4) is 0 Å². The Morgan fingerprint density at radius 1 is 1.32 bits per heavy atom. The van der Waals surface area contributed by atoms with Gasteiger partial charge in [-0.05, 0) is 43.5 Å². The summed E-state index contributed by atoms with van der Waals surface area (Å²) in [5.41, 5.74) is 3.04. The van der Waals surface area contributed by atoms with Crippen LogP contribution < -0.4 is 4.74 Å². The normalized spacial score (nSPS) is 10.2. The maximum atomic E-state index is 5.78. The maximum Gasteiger partial charge on any atom is 0.214 e. The van der Waals surface area contributed by atoms with Crippen LogP contribution in [0.25, 0.3) is 11.4 Å². The van der Waals surface area contributed by atoms with Crippen molar-refractivity contribution in [2.24, 2.45) is 0 Å². The van der Waals surface area contributed by atoms with Crippen molar-refractivity contribution in [3.05, 3.63) is 29.7 Å². The minimum Gasteiger partial charge on any atom is -0.493 e. The molecule has 4 nitrogen and oxygen atoms in total. The molecule has 1 heterocycles.